The predicted molar refractivity (Wildman–Crippen MR) is 117 cm³/mol. The van der Waals surface area contributed by atoms with Crippen molar-refractivity contribution in [3.05, 3.63) is 84.1 Å². The zero-order valence-electron chi connectivity index (χ0n) is 16.6. The molecular formula is C25H22N2O2. The van der Waals surface area contributed by atoms with Crippen LogP contribution in [0.1, 0.15) is 11.3 Å². The van der Waals surface area contributed by atoms with Gasteiger partial charge >= 0.3 is 0 Å². The molecule has 0 N–H and O–H groups in total. The van der Waals surface area contributed by atoms with Gasteiger partial charge in [-0.2, -0.15) is 0 Å². The number of aromatic nitrogens is 1. The molecule has 2 heterocycles. The highest BCUT2D eigenvalue weighted by Gasteiger charge is 2.26. The number of ether oxygens (including phenoxy) is 2. The molecule has 1 aliphatic rings. The number of hydrogen-bond acceptors (Lipinski definition) is 4. The molecule has 1 aromatic heterocycles. The van der Waals surface area contributed by atoms with Crippen LogP contribution in [-0.4, -0.2) is 18.6 Å². The minimum absolute atomic E-state index is 0.830. The van der Waals surface area contributed by atoms with Gasteiger partial charge in [-0.25, -0.2) is 0 Å². The third-order valence-corrected chi connectivity index (χ3v) is 5.45. The van der Waals surface area contributed by atoms with Crippen LogP contribution in [0.4, 0.5) is 11.4 Å². The summed E-state index contributed by atoms with van der Waals surface area (Å²) in [6.07, 6.45) is 0.990. The minimum Gasteiger partial charge on any atom is -0.497 e. The molecule has 144 valence electrons. The Hall–Kier alpha value is -3.53. The molecule has 0 saturated carbocycles. The molecule has 4 nitrogen and oxygen atoms in total. The fourth-order valence-corrected chi connectivity index (χ4v) is 4.03. The number of para-hydroxylation sites is 1. The number of rotatable bonds is 4. The Balaban J connectivity index is 1.53. The summed E-state index contributed by atoms with van der Waals surface area (Å²) < 4.78 is 11.4. The van der Waals surface area contributed by atoms with Crippen molar-refractivity contribution in [2.24, 2.45) is 0 Å². The van der Waals surface area contributed by atoms with Crippen LogP contribution in [-0.2, 0) is 6.42 Å². The molecule has 4 aromatic rings. The van der Waals surface area contributed by atoms with Crippen molar-refractivity contribution in [1.29, 1.82) is 0 Å². The van der Waals surface area contributed by atoms with Crippen molar-refractivity contribution < 1.29 is 9.47 Å². The third-order valence-electron chi connectivity index (χ3n) is 5.45. The van der Waals surface area contributed by atoms with Gasteiger partial charge in [-0.1, -0.05) is 18.2 Å². The first-order chi connectivity index (χ1) is 14.2. The van der Waals surface area contributed by atoms with E-state index in [4.69, 9.17) is 14.5 Å². The largest absolute Gasteiger partial charge is 0.497 e. The second-order valence-corrected chi connectivity index (χ2v) is 7.22. The van der Waals surface area contributed by atoms with Crippen LogP contribution in [0.15, 0.2) is 72.8 Å². The number of hydrogen-bond donors (Lipinski definition) is 0. The van der Waals surface area contributed by atoms with E-state index in [0.717, 1.165) is 52.5 Å². The Morgan fingerprint density at radius 2 is 1.59 bits per heavy atom. The second-order valence-electron chi connectivity index (χ2n) is 7.22. The zero-order chi connectivity index (χ0) is 19.8. The summed E-state index contributed by atoms with van der Waals surface area (Å²) in [6.45, 7) is 3.04. The maximum atomic E-state index is 5.94. The maximum Gasteiger partial charge on any atom is 0.127 e. The SMILES string of the molecule is COc1ccc2nc(C)c3c(c2c1)N(c1ccc(Oc2ccccc2)cc1)CC3. The highest BCUT2D eigenvalue weighted by molar-refractivity contribution is 5.98. The van der Waals surface area contributed by atoms with Gasteiger partial charge in [0.05, 0.1) is 18.3 Å². The summed E-state index contributed by atoms with van der Waals surface area (Å²) in [5.41, 5.74) is 5.81. The molecule has 0 unspecified atom stereocenters. The number of pyridine rings is 1. The average Bonchev–Trinajstić information content (AvgIpc) is 3.21. The zero-order valence-corrected chi connectivity index (χ0v) is 16.6. The van der Waals surface area contributed by atoms with E-state index in [0.29, 0.717) is 0 Å². The molecular weight excluding hydrogens is 360 g/mol. The Morgan fingerprint density at radius 3 is 2.34 bits per heavy atom. The molecule has 5 rings (SSSR count). The lowest BCUT2D eigenvalue weighted by molar-refractivity contribution is 0.415. The van der Waals surface area contributed by atoms with E-state index in [1.54, 1.807) is 7.11 Å². The van der Waals surface area contributed by atoms with Crippen LogP contribution in [0.2, 0.25) is 0 Å². The van der Waals surface area contributed by atoms with Gasteiger partial charge in [0, 0.05) is 23.3 Å². The van der Waals surface area contributed by atoms with Crippen molar-refractivity contribution in [1.82, 2.24) is 4.98 Å². The number of nitrogens with zero attached hydrogens (tertiary/aromatic N) is 2. The van der Waals surface area contributed by atoms with Gasteiger partial charge in [-0.05, 0) is 73.5 Å². The molecule has 3 aromatic carbocycles. The molecule has 0 spiro atoms. The van der Waals surface area contributed by atoms with Crippen LogP contribution in [0.3, 0.4) is 0 Å². The first kappa shape index (κ1) is 17.6. The minimum atomic E-state index is 0.830. The monoisotopic (exact) mass is 382 g/mol. The average molecular weight is 382 g/mol. The van der Waals surface area contributed by atoms with Gasteiger partial charge in [0.15, 0.2) is 0 Å². The maximum absolute atomic E-state index is 5.94. The van der Waals surface area contributed by atoms with E-state index in [-0.39, 0.29) is 0 Å². The van der Waals surface area contributed by atoms with E-state index in [2.05, 4.69) is 30.0 Å². The lowest BCUT2D eigenvalue weighted by Crippen LogP contribution is -2.13. The standard InChI is InChI=1S/C25H22N2O2/c1-17-22-14-15-27(25(22)23-16-21(28-2)12-13-24(23)26-17)18-8-10-20(11-9-18)29-19-6-4-3-5-7-19/h3-13,16H,14-15H2,1-2H3. The lowest BCUT2D eigenvalue weighted by Gasteiger charge is -2.22. The van der Waals surface area contributed by atoms with Crippen molar-refractivity contribution in [3.8, 4) is 17.2 Å². The van der Waals surface area contributed by atoms with Gasteiger partial charge in [-0.15, -0.1) is 0 Å². The smallest absolute Gasteiger partial charge is 0.127 e. The first-order valence-corrected chi connectivity index (χ1v) is 9.80. The van der Waals surface area contributed by atoms with Gasteiger partial charge in [0.25, 0.3) is 0 Å². The summed E-state index contributed by atoms with van der Waals surface area (Å²) in [5.74, 6) is 2.52. The van der Waals surface area contributed by atoms with Crippen LogP contribution in [0.25, 0.3) is 10.9 Å². The number of anilines is 2. The summed E-state index contributed by atoms with van der Waals surface area (Å²) in [5, 5.41) is 1.13. The highest BCUT2D eigenvalue weighted by atomic mass is 16.5. The van der Waals surface area contributed by atoms with Crippen LogP contribution in [0, 0.1) is 6.92 Å². The molecule has 0 radical (unpaired) electrons. The van der Waals surface area contributed by atoms with E-state index in [1.807, 2.05) is 54.6 Å². The summed E-state index contributed by atoms with van der Waals surface area (Å²) in [4.78, 5) is 7.18. The van der Waals surface area contributed by atoms with Gasteiger partial charge in [0.2, 0.25) is 0 Å². The molecule has 29 heavy (non-hydrogen) atoms. The topological polar surface area (TPSA) is 34.6 Å². The summed E-state index contributed by atoms with van der Waals surface area (Å²) in [6, 6.07) is 24.2. The molecule has 0 amide bonds. The Bertz CT molecular complexity index is 1170. The number of benzene rings is 3. The molecule has 0 saturated heterocycles. The highest BCUT2D eigenvalue weighted by Crippen LogP contribution is 2.42. The molecule has 1 aliphatic heterocycles. The van der Waals surface area contributed by atoms with Gasteiger partial charge in [0.1, 0.15) is 17.2 Å². The third kappa shape index (κ3) is 3.17. The van der Waals surface area contributed by atoms with Crippen LogP contribution in [0.5, 0.6) is 17.2 Å². The molecule has 0 atom stereocenters. The van der Waals surface area contributed by atoms with Gasteiger partial charge < -0.3 is 14.4 Å². The Morgan fingerprint density at radius 1 is 0.862 bits per heavy atom. The molecule has 0 bridgehead atoms. The fourth-order valence-electron chi connectivity index (χ4n) is 4.03. The summed E-state index contributed by atoms with van der Waals surface area (Å²) >= 11 is 0. The van der Waals surface area contributed by atoms with Crippen LogP contribution < -0.4 is 14.4 Å². The van der Waals surface area contributed by atoms with E-state index in [9.17, 15) is 0 Å². The van der Waals surface area contributed by atoms with Crippen LogP contribution >= 0.6 is 0 Å². The molecule has 0 fully saturated rings. The lowest BCUT2D eigenvalue weighted by atomic mass is 10.1. The van der Waals surface area contributed by atoms with Gasteiger partial charge in [-0.3, -0.25) is 4.98 Å². The Labute approximate surface area is 170 Å². The van der Waals surface area contributed by atoms with E-state index in [1.165, 1.54) is 11.3 Å². The fraction of sp³-hybridized carbons (Fsp3) is 0.160. The molecule has 0 aliphatic carbocycles. The Kier molecular flexibility index (Phi) is 4.32. The van der Waals surface area contributed by atoms with Crippen molar-refractivity contribution >= 4 is 22.3 Å². The van der Waals surface area contributed by atoms with Crippen molar-refractivity contribution in [3.63, 3.8) is 0 Å². The predicted octanol–water partition coefficient (Wildman–Crippen LogP) is 6.04. The number of aryl methyl sites for hydroxylation is 1. The van der Waals surface area contributed by atoms with E-state index >= 15 is 0 Å². The number of methoxy groups -OCH3 is 1. The quantitative estimate of drug-likeness (QED) is 0.431. The first-order valence-electron chi connectivity index (χ1n) is 9.80. The summed E-state index contributed by atoms with van der Waals surface area (Å²) in [7, 11) is 1.70. The van der Waals surface area contributed by atoms with E-state index < -0.39 is 0 Å². The molecule has 4 heteroatoms. The normalized spacial score (nSPS) is 12.8. The number of fused-ring (bicyclic) bond motifs is 3. The second kappa shape index (κ2) is 7.13. The van der Waals surface area contributed by atoms with Crippen molar-refractivity contribution in [2.75, 3.05) is 18.6 Å². The van der Waals surface area contributed by atoms with Crippen molar-refractivity contribution in [2.45, 2.75) is 13.3 Å².